The van der Waals surface area contributed by atoms with E-state index < -0.39 is 9.84 Å². The number of nitrogens with zero attached hydrogens (tertiary/aromatic N) is 1. The minimum absolute atomic E-state index is 0.0644. The lowest BCUT2D eigenvalue weighted by Gasteiger charge is -2.07. The highest BCUT2D eigenvalue weighted by molar-refractivity contribution is 7.91. The number of hydrogen-bond acceptors (Lipinski definition) is 3. The molecule has 1 N–H and O–H groups in total. The summed E-state index contributed by atoms with van der Waals surface area (Å²) in [5.41, 5.74) is 1.62. The van der Waals surface area contributed by atoms with Gasteiger partial charge in [-0.15, -0.1) is 0 Å². The minimum atomic E-state index is -3.37. The van der Waals surface area contributed by atoms with Gasteiger partial charge in [-0.25, -0.2) is 13.0 Å². The van der Waals surface area contributed by atoms with Gasteiger partial charge >= 0.3 is 0 Å². The highest BCUT2D eigenvalue weighted by Crippen LogP contribution is 2.17. The Bertz CT molecular complexity index is 923. The highest BCUT2D eigenvalue weighted by Gasteiger charge is 2.15. The van der Waals surface area contributed by atoms with Gasteiger partial charge in [0.15, 0.2) is 22.2 Å². The van der Waals surface area contributed by atoms with Crippen LogP contribution in [0.3, 0.4) is 0 Å². The maximum absolute atomic E-state index is 12.6. The predicted molar refractivity (Wildman–Crippen MR) is 135 cm³/mol. The number of unbranched alkanes of at least 4 members (excludes halogenated alkanes) is 9. The van der Waals surface area contributed by atoms with Gasteiger partial charge < -0.3 is 5.32 Å². The average Bonchev–Trinajstić information content (AvgIpc) is 2.80. The molecule has 0 spiro atoms. The van der Waals surface area contributed by atoms with Gasteiger partial charge in [0.05, 0.1) is 10.6 Å². The Morgan fingerprint density at radius 2 is 1.36 bits per heavy atom. The van der Waals surface area contributed by atoms with E-state index in [0.717, 1.165) is 12.1 Å². The second kappa shape index (κ2) is 14.8. The van der Waals surface area contributed by atoms with Gasteiger partial charge in [-0.3, -0.25) is 4.79 Å². The fourth-order valence-corrected chi connectivity index (χ4v) is 5.20. The van der Waals surface area contributed by atoms with Gasteiger partial charge in [-0.2, -0.15) is 0 Å². The quantitative estimate of drug-likeness (QED) is 0.245. The van der Waals surface area contributed by atoms with Crippen molar-refractivity contribution in [1.29, 1.82) is 0 Å². The first-order valence-electron chi connectivity index (χ1n) is 12.5. The molecule has 0 unspecified atom stereocenters. The maximum Gasteiger partial charge on any atom is 0.221 e. The number of nitrogens with one attached hydrogen (secondary N) is 1. The molecule has 0 fully saturated rings. The average molecular weight is 474 g/mol. The number of aryl methyl sites for hydroxylation is 2. The van der Waals surface area contributed by atoms with Gasteiger partial charge in [0.2, 0.25) is 5.91 Å². The third-order valence-corrected chi connectivity index (χ3v) is 7.66. The van der Waals surface area contributed by atoms with Gasteiger partial charge in [0.25, 0.3) is 0 Å². The second-order valence-corrected chi connectivity index (χ2v) is 11.0. The predicted octanol–water partition coefficient (Wildman–Crippen LogP) is 5.87. The van der Waals surface area contributed by atoms with Crippen LogP contribution in [0.4, 0.5) is 5.69 Å². The molecule has 0 radical (unpaired) electrons. The van der Waals surface area contributed by atoms with Gasteiger partial charge in [-0.1, -0.05) is 58.3 Å². The van der Waals surface area contributed by atoms with Crippen molar-refractivity contribution < 1.29 is 17.8 Å². The van der Waals surface area contributed by atoms with Crippen molar-refractivity contribution in [2.24, 2.45) is 0 Å². The molecule has 1 heterocycles. The van der Waals surface area contributed by atoms with Crippen LogP contribution in [0, 0.1) is 0 Å². The van der Waals surface area contributed by atoms with Crippen molar-refractivity contribution in [3.63, 3.8) is 0 Å². The number of anilines is 1. The lowest BCUT2D eigenvalue weighted by atomic mass is 10.1. The van der Waals surface area contributed by atoms with Crippen LogP contribution in [-0.4, -0.2) is 20.1 Å². The van der Waals surface area contributed by atoms with Crippen LogP contribution in [0.25, 0.3) is 0 Å². The standard InChI is InChI=1S/C27H40N2O3S/c1-3-4-5-6-7-8-9-10-11-12-20-29-21-17-25(18-22-29)19-23-33(31,32)27-15-13-26(14-16-27)28-24(2)30/h13-18,21-22H,3-12,19-20,23H2,1-2H3/p+1. The van der Waals surface area contributed by atoms with Crippen molar-refractivity contribution in [2.75, 3.05) is 11.1 Å². The van der Waals surface area contributed by atoms with E-state index in [0.29, 0.717) is 12.1 Å². The Kier molecular flexibility index (Phi) is 12.2. The molecule has 1 amide bonds. The fraction of sp³-hybridized carbons (Fsp3) is 0.556. The number of hydrogen-bond donors (Lipinski definition) is 1. The molecule has 6 heteroatoms. The van der Waals surface area contributed by atoms with E-state index in [1.807, 2.05) is 12.1 Å². The largest absolute Gasteiger partial charge is 0.326 e. The second-order valence-electron chi connectivity index (χ2n) is 8.90. The maximum atomic E-state index is 12.6. The summed E-state index contributed by atoms with van der Waals surface area (Å²) in [6, 6.07) is 10.4. The molecular weight excluding hydrogens is 432 g/mol. The van der Waals surface area contributed by atoms with E-state index in [4.69, 9.17) is 0 Å². The van der Waals surface area contributed by atoms with Crippen LogP contribution in [-0.2, 0) is 27.6 Å². The van der Waals surface area contributed by atoms with Gasteiger partial charge in [0.1, 0.15) is 6.54 Å². The molecule has 1 aromatic carbocycles. The first-order chi connectivity index (χ1) is 15.9. The fourth-order valence-electron chi connectivity index (χ4n) is 3.90. The van der Waals surface area contributed by atoms with E-state index in [9.17, 15) is 13.2 Å². The Morgan fingerprint density at radius 1 is 0.818 bits per heavy atom. The Labute approximate surface area is 200 Å². The van der Waals surface area contributed by atoms with Gasteiger partial charge in [0, 0.05) is 31.2 Å². The van der Waals surface area contributed by atoms with Crippen molar-refractivity contribution in [3.05, 3.63) is 54.4 Å². The molecule has 0 aliphatic rings. The molecule has 0 aliphatic carbocycles. The number of amides is 1. The van der Waals surface area contributed by atoms with Crippen LogP contribution in [0.15, 0.2) is 53.7 Å². The lowest BCUT2D eigenvalue weighted by Crippen LogP contribution is -2.32. The van der Waals surface area contributed by atoms with E-state index in [1.165, 1.54) is 71.1 Å². The third kappa shape index (κ3) is 11.0. The zero-order chi connectivity index (χ0) is 23.9. The summed E-state index contributed by atoms with van der Waals surface area (Å²) in [5.74, 6) is -0.116. The Hall–Kier alpha value is -2.21. The first-order valence-corrected chi connectivity index (χ1v) is 14.1. The summed E-state index contributed by atoms with van der Waals surface area (Å²) in [5, 5.41) is 2.65. The van der Waals surface area contributed by atoms with Gasteiger partial charge in [-0.05, 0) is 42.7 Å². The monoisotopic (exact) mass is 473 g/mol. The molecule has 2 rings (SSSR count). The molecule has 0 aliphatic heterocycles. The molecular formula is C27H41N2O3S+. The summed E-state index contributed by atoms with van der Waals surface area (Å²) in [7, 11) is -3.37. The zero-order valence-corrected chi connectivity index (χ0v) is 21.2. The zero-order valence-electron chi connectivity index (χ0n) is 20.4. The summed E-state index contributed by atoms with van der Waals surface area (Å²) in [6.45, 7) is 4.69. The normalized spacial score (nSPS) is 11.5. The number of benzene rings is 1. The van der Waals surface area contributed by atoms with E-state index in [1.54, 1.807) is 24.3 Å². The number of aromatic nitrogens is 1. The number of rotatable bonds is 16. The van der Waals surface area contributed by atoms with E-state index in [-0.39, 0.29) is 16.6 Å². The number of carbonyl (C=O) groups excluding carboxylic acids is 1. The summed E-state index contributed by atoms with van der Waals surface area (Å²) in [4.78, 5) is 11.4. The molecule has 182 valence electrons. The summed E-state index contributed by atoms with van der Waals surface area (Å²) < 4.78 is 27.4. The molecule has 0 saturated carbocycles. The van der Waals surface area contributed by atoms with Crippen LogP contribution in [0.5, 0.6) is 0 Å². The molecule has 0 saturated heterocycles. The van der Waals surface area contributed by atoms with Crippen LogP contribution < -0.4 is 9.88 Å². The van der Waals surface area contributed by atoms with Crippen molar-refractivity contribution >= 4 is 21.4 Å². The van der Waals surface area contributed by atoms with Crippen LogP contribution >= 0.6 is 0 Å². The Balaban J connectivity index is 1.67. The Morgan fingerprint density at radius 3 is 1.91 bits per heavy atom. The molecule has 33 heavy (non-hydrogen) atoms. The van der Waals surface area contributed by atoms with Crippen LogP contribution in [0.1, 0.15) is 83.6 Å². The third-order valence-electron chi connectivity index (χ3n) is 5.92. The van der Waals surface area contributed by atoms with Crippen LogP contribution in [0.2, 0.25) is 0 Å². The minimum Gasteiger partial charge on any atom is -0.326 e. The topological polar surface area (TPSA) is 67.1 Å². The smallest absolute Gasteiger partial charge is 0.221 e. The molecule has 5 nitrogen and oxygen atoms in total. The van der Waals surface area contributed by atoms with Crippen molar-refractivity contribution in [2.45, 2.75) is 95.9 Å². The van der Waals surface area contributed by atoms with Crippen molar-refractivity contribution in [3.8, 4) is 0 Å². The van der Waals surface area contributed by atoms with E-state index in [2.05, 4.69) is 29.2 Å². The number of carbonyl (C=O) groups is 1. The highest BCUT2D eigenvalue weighted by atomic mass is 32.2. The number of sulfone groups is 1. The molecule has 0 atom stereocenters. The summed E-state index contributed by atoms with van der Waals surface area (Å²) >= 11 is 0. The molecule has 1 aromatic heterocycles. The molecule has 2 aromatic rings. The first kappa shape index (κ1) is 27.0. The lowest BCUT2D eigenvalue weighted by molar-refractivity contribution is -0.697. The SMILES string of the molecule is CCCCCCCCCCCC[n+]1ccc(CCS(=O)(=O)c2ccc(NC(C)=O)cc2)cc1. The van der Waals surface area contributed by atoms with Crippen molar-refractivity contribution in [1.82, 2.24) is 0 Å². The number of pyridine rings is 1. The molecule has 0 bridgehead atoms. The van der Waals surface area contributed by atoms with E-state index >= 15 is 0 Å². The summed E-state index contributed by atoms with van der Waals surface area (Å²) in [6.07, 6.45) is 17.9.